The zero-order chi connectivity index (χ0) is 13.0. The number of halogens is 1. The lowest BCUT2D eigenvalue weighted by molar-refractivity contribution is -0.384. The van der Waals surface area contributed by atoms with E-state index in [4.69, 9.17) is 11.6 Å². The Hall–Kier alpha value is -1.17. The minimum atomic E-state index is -0.477. The molecule has 6 heteroatoms. The molecule has 1 aromatic carbocycles. The highest BCUT2D eigenvalue weighted by Crippen LogP contribution is 2.23. The maximum atomic E-state index is 10.5. The molecule has 0 aliphatic carbocycles. The lowest BCUT2D eigenvalue weighted by Gasteiger charge is -2.18. The molecule has 0 saturated carbocycles. The highest BCUT2D eigenvalue weighted by Gasteiger charge is 2.11. The zero-order valence-electron chi connectivity index (χ0n) is 9.76. The minimum Gasteiger partial charge on any atom is -0.392 e. The number of aliphatic hydroxyl groups is 1. The third-order valence-electron chi connectivity index (χ3n) is 2.26. The van der Waals surface area contributed by atoms with Crippen molar-refractivity contribution in [2.45, 2.75) is 19.6 Å². The predicted molar refractivity (Wildman–Crippen MR) is 66.1 cm³/mol. The summed E-state index contributed by atoms with van der Waals surface area (Å²) in [6.45, 7) is 2.77. The van der Waals surface area contributed by atoms with Crippen LogP contribution in [0.25, 0.3) is 0 Å². The van der Waals surface area contributed by atoms with Gasteiger partial charge in [-0.15, -0.1) is 0 Å². The van der Waals surface area contributed by atoms with Crippen LogP contribution < -0.4 is 0 Å². The lowest BCUT2D eigenvalue weighted by Crippen LogP contribution is -2.26. The average Bonchev–Trinajstić information content (AvgIpc) is 2.19. The molecule has 0 saturated heterocycles. The Bertz CT molecular complexity index is 410. The number of aliphatic hydroxyl groups excluding tert-OH is 1. The molecule has 94 valence electrons. The summed E-state index contributed by atoms with van der Waals surface area (Å²) in [6, 6.07) is 4.41. The highest BCUT2D eigenvalue weighted by atomic mass is 35.5. The van der Waals surface area contributed by atoms with E-state index in [9.17, 15) is 15.2 Å². The Balaban J connectivity index is 2.75. The van der Waals surface area contributed by atoms with Crippen LogP contribution in [-0.4, -0.2) is 34.6 Å². The average molecular weight is 259 g/mol. The van der Waals surface area contributed by atoms with E-state index in [0.717, 1.165) is 5.56 Å². The van der Waals surface area contributed by atoms with Gasteiger partial charge in [-0.2, -0.15) is 0 Å². The summed E-state index contributed by atoms with van der Waals surface area (Å²) in [4.78, 5) is 12.0. The Labute approximate surface area is 105 Å². The first-order valence-corrected chi connectivity index (χ1v) is 5.57. The number of likely N-dealkylation sites (N-methyl/N-ethyl adjacent to an activating group) is 1. The molecule has 0 fully saturated rings. The molecule has 1 rings (SSSR count). The van der Waals surface area contributed by atoms with Crippen molar-refractivity contribution in [3.8, 4) is 0 Å². The van der Waals surface area contributed by atoms with E-state index in [1.165, 1.54) is 12.1 Å². The van der Waals surface area contributed by atoms with E-state index in [1.807, 2.05) is 11.9 Å². The van der Waals surface area contributed by atoms with Crippen LogP contribution in [0, 0.1) is 10.1 Å². The van der Waals surface area contributed by atoms with Crippen LogP contribution in [0.3, 0.4) is 0 Å². The number of nitrogens with zero attached hydrogens (tertiary/aromatic N) is 2. The maximum Gasteiger partial charge on any atom is 0.270 e. The van der Waals surface area contributed by atoms with E-state index >= 15 is 0 Å². The van der Waals surface area contributed by atoms with Crippen LogP contribution in [0.2, 0.25) is 5.02 Å². The van der Waals surface area contributed by atoms with Gasteiger partial charge in [0.2, 0.25) is 0 Å². The molecule has 0 aliphatic heterocycles. The molecule has 0 aromatic heterocycles. The van der Waals surface area contributed by atoms with Gasteiger partial charge in [0.1, 0.15) is 0 Å². The molecule has 1 unspecified atom stereocenters. The van der Waals surface area contributed by atoms with Gasteiger partial charge in [0.25, 0.3) is 5.69 Å². The Morgan fingerprint density at radius 3 is 2.71 bits per heavy atom. The minimum absolute atomic E-state index is 0.0167. The van der Waals surface area contributed by atoms with Crippen molar-refractivity contribution in [3.05, 3.63) is 38.9 Å². The van der Waals surface area contributed by atoms with Crippen LogP contribution in [0.15, 0.2) is 18.2 Å². The molecule has 1 atom stereocenters. The molecule has 0 aliphatic rings. The Morgan fingerprint density at radius 1 is 1.59 bits per heavy atom. The fourth-order valence-electron chi connectivity index (χ4n) is 1.58. The summed E-state index contributed by atoms with van der Waals surface area (Å²) in [5, 5.41) is 20.1. The second-order valence-electron chi connectivity index (χ2n) is 4.08. The van der Waals surface area contributed by atoms with E-state index in [2.05, 4.69) is 0 Å². The lowest BCUT2D eigenvalue weighted by atomic mass is 10.2. The van der Waals surface area contributed by atoms with Crippen LogP contribution in [0.1, 0.15) is 12.5 Å². The number of hydrogen-bond acceptors (Lipinski definition) is 4. The number of rotatable bonds is 5. The fourth-order valence-corrected chi connectivity index (χ4v) is 1.82. The molecule has 0 radical (unpaired) electrons. The second-order valence-corrected chi connectivity index (χ2v) is 4.49. The van der Waals surface area contributed by atoms with Gasteiger partial charge in [-0.25, -0.2) is 0 Å². The maximum absolute atomic E-state index is 10.5. The predicted octanol–water partition coefficient (Wildman–Crippen LogP) is 2.06. The van der Waals surface area contributed by atoms with E-state index in [1.54, 1.807) is 13.0 Å². The first kappa shape index (κ1) is 13.9. The van der Waals surface area contributed by atoms with Crippen LogP contribution in [0.4, 0.5) is 5.69 Å². The third kappa shape index (κ3) is 4.30. The van der Waals surface area contributed by atoms with Crippen molar-refractivity contribution in [1.29, 1.82) is 0 Å². The molecule has 0 amide bonds. The van der Waals surface area contributed by atoms with E-state index < -0.39 is 11.0 Å². The topological polar surface area (TPSA) is 66.6 Å². The molecule has 0 heterocycles. The standard InChI is InChI=1S/C11H15ClN2O3/c1-8(15)6-13(2)7-9-3-4-10(14(16)17)5-11(9)12/h3-5,8,15H,6-7H2,1-2H3. The summed E-state index contributed by atoms with van der Waals surface area (Å²) in [5.41, 5.74) is 0.789. The summed E-state index contributed by atoms with van der Waals surface area (Å²) in [7, 11) is 1.85. The summed E-state index contributed by atoms with van der Waals surface area (Å²) in [5.74, 6) is 0. The molecular formula is C11H15ClN2O3. The molecule has 0 bridgehead atoms. The van der Waals surface area contributed by atoms with Gasteiger partial charge in [-0.05, 0) is 25.6 Å². The highest BCUT2D eigenvalue weighted by molar-refractivity contribution is 6.31. The summed E-state index contributed by atoms with van der Waals surface area (Å²) < 4.78 is 0. The molecule has 1 aromatic rings. The number of nitro groups is 1. The second kappa shape index (κ2) is 5.95. The van der Waals surface area contributed by atoms with Crippen molar-refractivity contribution in [1.82, 2.24) is 4.90 Å². The molecule has 5 nitrogen and oxygen atoms in total. The van der Waals surface area contributed by atoms with Gasteiger partial charge in [-0.1, -0.05) is 11.6 Å². The SMILES string of the molecule is CC(O)CN(C)Cc1ccc([N+](=O)[O-])cc1Cl. The molecule has 17 heavy (non-hydrogen) atoms. The quantitative estimate of drug-likeness (QED) is 0.648. The monoisotopic (exact) mass is 258 g/mol. The van der Waals surface area contributed by atoms with Crippen molar-refractivity contribution in [3.63, 3.8) is 0 Å². The van der Waals surface area contributed by atoms with E-state index in [0.29, 0.717) is 18.1 Å². The molecule has 0 spiro atoms. The molecular weight excluding hydrogens is 244 g/mol. The zero-order valence-corrected chi connectivity index (χ0v) is 10.5. The first-order chi connectivity index (χ1) is 7.90. The van der Waals surface area contributed by atoms with Gasteiger partial charge in [0.15, 0.2) is 0 Å². The normalized spacial score (nSPS) is 12.8. The van der Waals surface area contributed by atoms with Gasteiger partial charge in [-0.3, -0.25) is 15.0 Å². The van der Waals surface area contributed by atoms with Gasteiger partial charge in [0, 0.05) is 25.2 Å². The number of non-ortho nitro benzene ring substituents is 1. The first-order valence-electron chi connectivity index (χ1n) is 5.19. The Kier molecular flexibility index (Phi) is 4.86. The Morgan fingerprint density at radius 2 is 2.24 bits per heavy atom. The smallest absolute Gasteiger partial charge is 0.270 e. The summed E-state index contributed by atoms with van der Waals surface area (Å²) >= 11 is 5.96. The largest absolute Gasteiger partial charge is 0.392 e. The van der Waals surface area contributed by atoms with Crippen molar-refractivity contribution in [2.24, 2.45) is 0 Å². The summed E-state index contributed by atoms with van der Waals surface area (Å²) in [6.07, 6.45) is -0.420. The van der Waals surface area contributed by atoms with Gasteiger partial charge < -0.3 is 5.11 Å². The van der Waals surface area contributed by atoms with Gasteiger partial charge >= 0.3 is 0 Å². The number of hydrogen-bond donors (Lipinski definition) is 1. The fraction of sp³-hybridized carbons (Fsp3) is 0.455. The van der Waals surface area contributed by atoms with Crippen molar-refractivity contribution in [2.75, 3.05) is 13.6 Å². The van der Waals surface area contributed by atoms with Crippen molar-refractivity contribution < 1.29 is 10.0 Å². The van der Waals surface area contributed by atoms with Crippen molar-refractivity contribution >= 4 is 17.3 Å². The number of benzene rings is 1. The molecule has 1 N–H and O–H groups in total. The van der Waals surface area contributed by atoms with Crippen LogP contribution in [-0.2, 0) is 6.54 Å². The van der Waals surface area contributed by atoms with Crippen LogP contribution in [0.5, 0.6) is 0 Å². The number of nitro benzene ring substituents is 1. The van der Waals surface area contributed by atoms with Crippen LogP contribution >= 0.6 is 11.6 Å². The third-order valence-corrected chi connectivity index (χ3v) is 2.62. The van der Waals surface area contributed by atoms with E-state index in [-0.39, 0.29) is 5.69 Å². The van der Waals surface area contributed by atoms with Gasteiger partial charge in [0.05, 0.1) is 16.0 Å².